The SMILES string of the molecule is Cc1c([N+](=O)[O-])cc(S(N)(=O)=O)c(C)c1[N+](=O)[O-]. The molecule has 2 N–H and O–H groups in total. The van der Waals surface area contributed by atoms with Crippen LogP contribution in [0.1, 0.15) is 11.1 Å². The van der Waals surface area contributed by atoms with Gasteiger partial charge < -0.3 is 0 Å². The summed E-state index contributed by atoms with van der Waals surface area (Å²) in [5.41, 5.74) is -1.70. The van der Waals surface area contributed by atoms with E-state index in [1.807, 2.05) is 0 Å². The Hall–Kier alpha value is -2.07. The third-order valence-corrected chi connectivity index (χ3v) is 3.45. The molecule has 1 aromatic carbocycles. The number of nitro groups is 2. The molecule has 0 amide bonds. The lowest BCUT2D eigenvalue weighted by molar-refractivity contribution is -0.396. The van der Waals surface area contributed by atoms with Crippen molar-refractivity contribution in [3.05, 3.63) is 37.4 Å². The molecule has 0 aliphatic heterocycles. The lowest BCUT2D eigenvalue weighted by Crippen LogP contribution is -2.15. The molecule has 0 spiro atoms. The molecule has 98 valence electrons. The number of hydrogen-bond donors (Lipinski definition) is 1. The molecule has 10 heteroatoms. The van der Waals surface area contributed by atoms with Gasteiger partial charge in [-0.05, 0) is 13.8 Å². The van der Waals surface area contributed by atoms with Gasteiger partial charge in [-0.3, -0.25) is 20.2 Å². The molecule has 9 nitrogen and oxygen atoms in total. The van der Waals surface area contributed by atoms with Gasteiger partial charge in [-0.2, -0.15) is 0 Å². The summed E-state index contributed by atoms with van der Waals surface area (Å²) in [6, 6.07) is 0.729. The van der Waals surface area contributed by atoms with Gasteiger partial charge in [0.1, 0.15) is 5.56 Å². The Morgan fingerprint density at radius 1 is 1.11 bits per heavy atom. The molecule has 0 aromatic heterocycles. The van der Waals surface area contributed by atoms with E-state index in [1.54, 1.807) is 0 Å². The fourth-order valence-electron chi connectivity index (χ4n) is 1.62. The first-order valence-electron chi connectivity index (χ1n) is 4.53. The standard InChI is InChI=1S/C8H9N3O6S/c1-4-6(10(12)13)3-7(18(9,16)17)5(2)8(4)11(14)15/h3H,1-2H3,(H2,9,16,17). The molecule has 0 saturated heterocycles. The van der Waals surface area contributed by atoms with Crippen LogP contribution in [-0.2, 0) is 10.0 Å². The Kier molecular flexibility index (Phi) is 3.35. The van der Waals surface area contributed by atoms with Crippen molar-refractivity contribution in [3.63, 3.8) is 0 Å². The number of hydrogen-bond acceptors (Lipinski definition) is 6. The number of nitrogens with two attached hydrogens (primary N) is 1. The maximum Gasteiger partial charge on any atom is 0.283 e. The van der Waals surface area contributed by atoms with Crippen molar-refractivity contribution >= 4 is 21.4 Å². The molecule has 0 heterocycles. The van der Waals surface area contributed by atoms with Crippen molar-refractivity contribution in [3.8, 4) is 0 Å². The first-order valence-corrected chi connectivity index (χ1v) is 6.07. The van der Waals surface area contributed by atoms with Crippen LogP contribution in [0.25, 0.3) is 0 Å². The van der Waals surface area contributed by atoms with Crippen molar-refractivity contribution in [2.24, 2.45) is 5.14 Å². The maximum absolute atomic E-state index is 11.2. The zero-order valence-electron chi connectivity index (χ0n) is 9.41. The maximum atomic E-state index is 11.2. The minimum atomic E-state index is -4.27. The molecule has 0 radical (unpaired) electrons. The van der Waals surface area contributed by atoms with E-state index in [-0.39, 0.29) is 11.1 Å². The highest BCUT2D eigenvalue weighted by Gasteiger charge is 2.30. The summed E-state index contributed by atoms with van der Waals surface area (Å²) in [5, 5.41) is 26.5. The van der Waals surface area contributed by atoms with Gasteiger partial charge in [-0.1, -0.05) is 0 Å². The van der Waals surface area contributed by atoms with E-state index < -0.39 is 36.1 Å². The summed E-state index contributed by atoms with van der Waals surface area (Å²) in [5.74, 6) is 0. The third kappa shape index (κ3) is 2.28. The molecule has 0 bridgehead atoms. The van der Waals surface area contributed by atoms with Gasteiger partial charge in [0.05, 0.1) is 14.7 Å². The van der Waals surface area contributed by atoms with Gasteiger partial charge in [0, 0.05) is 11.6 Å². The molecule has 18 heavy (non-hydrogen) atoms. The molecular weight excluding hydrogens is 266 g/mol. The van der Waals surface area contributed by atoms with Crippen LogP contribution in [-0.4, -0.2) is 18.3 Å². The topological polar surface area (TPSA) is 146 Å². The lowest BCUT2D eigenvalue weighted by Gasteiger charge is -2.07. The molecule has 0 fully saturated rings. The number of benzene rings is 1. The van der Waals surface area contributed by atoms with Crippen LogP contribution in [0, 0.1) is 34.1 Å². The Labute approximate surface area is 102 Å². The first-order chi connectivity index (χ1) is 8.07. The number of sulfonamides is 1. The second-order valence-electron chi connectivity index (χ2n) is 3.55. The zero-order valence-corrected chi connectivity index (χ0v) is 10.2. The van der Waals surface area contributed by atoms with Crippen molar-refractivity contribution in [2.75, 3.05) is 0 Å². The largest absolute Gasteiger partial charge is 0.283 e. The molecule has 1 rings (SSSR count). The zero-order chi connectivity index (χ0) is 14.2. The normalized spacial score (nSPS) is 11.3. The fourth-order valence-corrected chi connectivity index (χ4v) is 2.42. The quantitative estimate of drug-likeness (QED) is 0.636. The molecule has 0 atom stereocenters. The van der Waals surface area contributed by atoms with Gasteiger partial charge >= 0.3 is 0 Å². The van der Waals surface area contributed by atoms with E-state index in [4.69, 9.17) is 5.14 Å². The molecule has 0 aliphatic rings. The monoisotopic (exact) mass is 275 g/mol. The summed E-state index contributed by atoms with van der Waals surface area (Å²) in [6.45, 7) is 2.35. The van der Waals surface area contributed by atoms with E-state index in [0.29, 0.717) is 0 Å². The summed E-state index contributed by atoms with van der Waals surface area (Å²) in [4.78, 5) is 19.2. The van der Waals surface area contributed by atoms with Crippen LogP contribution in [0.3, 0.4) is 0 Å². The number of primary sulfonamides is 1. The van der Waals surface area contributed by atoms with Crippen LogP contribution < -0.4 is 5.14 Å². The smallest absolute Gasteiger partial charge is 0.258 e. The Bertz CT molecular complexity index is 651. The van der Waals surface area contributed by atoms with Crippen LogP contribution in [0.2, 0.25) is 0 Å². The van der Waals surface area contributed by atoms with Crippen LogP contribution in [0.15, 0.2) is 11.0 Å². The average molecular weight is 275 g/mol. The predicted octanol–water partition coefficient (Wildman–Crippen LogP) is 0.767. The van der Waals surface area contributed by atoms with E-state index in [1.165, 1.54) is 13.8 Å². The average Bonchev–Trinajstić information content (AvgIpc) is 2.13. The van der Waals surface area contributed by atoms with Gasteiger partial charge in [-0.15, -0.1) is 0 Å². The minimum absolute atomic E-state index is 0.213. The van der Waals surface area contributed by atoms with Crippen LogP contribution >= 0.6 is 0 Å². The van der Waals surface area contributed by atoms with Crippen molar-refractivity contribution in [1.82, 2.24) is 0 Å². The number of nitro benzene ring substituents is 2. The molecule has 0 aliphatic carbocycles. The first kappa shape index (κ1) is 14.0. The predicted molar refractivity (Wildman–Crippen MR) is 60.6 cm³/mol. The number of nitrogens with zero attached hydrogens (tertiary/aromatic N) is 2. The van der Waals surface area contributed by atoms with Crippen molar-refractivity contribution in [1.29, 1.82) is 0 Å². The second-order valence-corrected chi connectivity index (χ2v) is 5.08. The third-order valence-electron chi connectivity index (χ3n) is 2.42. The molecule has 0 unspecified atom stereocenters. The summed E-state index contributed by atoms with van der Waals surface area (Å²) >= 11 is 0. The van der Waals surface area contributed by atoms with E-state index >= 15 is 0 Å². The highest BCUT2D eigenvalue weighted by atomic mass is 32.2. The highest BCUT2D eigenvalue weighted by Crippen LogP contribution is 2.35. The van der Waals surface area contributed by atoms with Crippen LogP contribution in [0.5, 0.6) is 0 Å². The molecular formula is C8H9N3O6S. The summed E-state index contributed by atoms with van der Waals surface area (Å²) in [7, 11) is -4.27. The van der Waals surface area contributed by atoms with E-state index in [0.717, 1.165) is 6.07 Å². The Morgan fingerprint density at radius 3 is 1.94 bits per heavy atom. The van der Waals surface area contributed by atoms with Gasteiger partial charge in [-0.25, -0.2) is 13.6 Å². The fraction of sp³-hybridized carbons (Fsp3) is 0.250. The van der Waals surface area contributed by atoms with Crippen molar-refractivity contribution in [2.45, 2.75) is 18.7 Å². The van der Waals surface area contributed by atoms with E-state index in [2.05, 4.69) is 0 Å². The lowest BCUT2D eigenvalue weighted by atomic mass is 10.1. The van der Waals surface area contributed by atoms with Gasteiger partial charge in [0.15, 0.2) is 0 Å². The van der Waals surface area contributed by atoms with Crippen molar-refractivity contribution < 1.29 is 18.3 Å². The van der Waals surface area contributed by atoms with Gasteiger partial charge in [0.25, 0.3) is 11.4 Å². The highest BCUT2D eigenvalue weighted by molar-refractivity contribution is 7.89. The Balaban J connectivity index is 3.90. The van der Waals surface area contributed by atoms with Gasteiger partial charge in [0.2, 0.25) is 10.0 Å². The number of rotatable bonds is 3. The second kappa shape index (κ2) is 4.31. The van der Waals surface area contributed by atoms with Crippen LogP contribution in [0.4, 0.5) is 11.4 Å². The summed E-state index contributed by atoms with van der Waals surface area (Å²) < 4.78 is 22.5. The molecule has 0 saturated carbocycles. The Morgan fingerprint density at radius 2 is 1.61 bits per heavy atom. The minimum Gasteiger partial charge on any atom is -0.258 e. The summed E-state index contributed by atoms with van der Waals surface area (Å²) in [6.07, 6.45) is 0. The molecule has 1 aromatic rings. The van der Waals surface area contributed by atoms with E-state index in [9.17, 15) is 28.6 Å².